The van der Waals surface area contributed by atoms with Crippen molar-refractivity contribution in [2.45, 2.75) is 12.8 Å². The second-order valence-electron chi connectivity index (χ2n) is 5.11. The summed E-state index contributed by atoms with van der Waals surface area (Å²) < 4.78 is 8.49. The first kappa shape index (κ1) is 15.1. The molecule has 4 nitrogen and oxygen atoms in total. The van der Waals surface area contributed by atoms with Crippen LogP contribution in [0.3, 0.4) is 0 Å². The number of halogens is 1. The Kier molecular flexibility index (Phi) is 4.45. The highest BCUT2D eigenvalue weighted by Crippen LogP contribution is 2.29. The van der Waals surface area contributed by atoms with Crippen molar-refractivity contribution in [2.75, 3.05) is 13.7 Å². The number of fused-ring (bicyclic) bond motifs is 1. The van der Waals surface area contributed by atoms with Crippen molar-refractivity contribution in [1.29, 1.82) is 0 Å². The maximum atomic E-state index is 5.69. The standard InChI is InChI=1S/C17H18BrN3O/c1-22-14-5-2-4-12(10-14)17-15(6-3-9-19)21-11-13(18)7-8-16(21)20-17/h2,4-5,7-8,10-11H,3,6,9,19H2,1H3. The highest BCUT2D eigenvalue weighted by molar-refractivity contribution is 9.10. The van der Waals surface area contributed by atoms with E-state index in [1.807, 2.05) is 30.3 Å². The number of benzene rings is 1. The van der Waals surface area contributed by atoms with Gasteiger partial charge in [0.05, 0.1) is 18.5 Å². The molecular formula is C17H18BrN3O. The van der Waals surface area contributed by atoms with Crippen LogP contribution in [0.25, 0.3) is 16.9 Å². The van der Waals surface area contributed by atoms with E-state index in [1.165, 1.54) is 5.69 Å². The van der Waals surface area contributed by atoms with Crippen molar-refractivity contribution in [2.24, 2.45) is 5.73 Å². The monoisotopic (exact) mass is 359 g/mol. The summed E-state index contributed by atoms with van der Waals surface area (Å²) in [6.07, 6.45) is 3.87. The largest absolute Gasteiger partial charge is 0.497 e. The van der Waals surface area contributed by atoms with Gasteiger partial charge in [-0.25, -0.2) is 4.98 Å². The highest BCUT2D eigenvalue weighted by Gasteiger charge is 2.14. The van der Waals surface area contributed by atoms with Crippen LogP contribution in [-0.2, 0) is 6.42 Å². The van der Waals surface area contributed by atoms with Crippen molar-refractivity contribution in [1.82, 2.24) is 9.38 Å². The first-order valence-electron chi connectivity index (χ1n) is 7.24. The maximum Gasteiger partial charge on any atom is 0.137 e. The molecule has 2 aromatic heterocycles. The lowest BCUT2D eigenvalue weighted by molar-refractivity contribution is 0.415. The number of hydrogen-bond donors (Lipinski definition) is 1. The minimum absolute atomic E-state index is 0.665. The normalized spacial score (nSPS) is 11.0. The second kappa shape index (κ2) is 6.50. The van der Waals surface area contributed by atoms with Gasteiger partial charge in [0.15, 0.2) is 0 Å². The fraction of sp³-hybridized carbons (Fsp3) is 0.235. The SMILES string of the molecule is COc1cccc(-c2nc3ccc(Br)cn3c2CCCN)c1. The van der Waals surface area contributed by atoms with E-state index in [2.05, 4.69) is 32.6 Å². The van der Waals surface area contributed by atoms with Gasteiger partial charge >= 0.3 is 0 Å². The number of ether oxygens (including phenoxy) is 1. The van der Waals surface area contributed by atoms with Crippen LogP contribution in [0.15, 0.2) is 47.1 Å². The third-order valence-electron chi connectivity index (χ3n) is 3.64. The molecule has 3 rings (SSSR count). The fourth-order valence-electron chi connectivity index (χ4n) is 2.58. The van der Waals surface area contributed by atoms with Crippen LogP contribution in [0, 0.1) is 0 Å². The highest BCUT2D eigenvalue weighted by atomic mass is 79.9. The van der Waals surface area contributed by atoms with E-state index in [1.54, 1.807) is 7.11 Å². The lowest BCUT2D eigenvalue weighted by Gasteiger charge is -2.06. The number of rotatable bonds is 5. The molecule has 2 N–H and O–H groups in total. The summed E-state index contributed by atoms with van der Waals surface area (Å²) in [5.41, 5.74) is 9.86. The Morgan fingerprint density at radius 2 is 2.14 bits per heavy atom. The van der Waals surface area contributed by atoms with Gasteiger partial charge in [0.25, 0.3) is 0 Å². The molecule has 3 aromatic rings. The van der Waals surface area contributed by atoms with Crippen LogP contribution in [0.5, 0.6) is 5.75 Å². The molecular weight excluding hydrogens is 342 g/mol. The summed E-state index contributed by atoms with van der Waals surface area (Å²) in [7, 11) is 1.68. The van der Waals surface area contributed by atoms with Gasteiger partial charge in [-0.05, 0) is 59.6 Å². The first-order valence-corrected chi connectivity index (χ1v) is 8.03. The Labute approximate surface area is 138 Å². The number of pyridine rings is 1. The van der Waals surface area contributed by atoms with Crippen LogP contribution >= 0.6 is 15.9 Å². The average molecular weight is 360 g/mol. The van der Waals surface area contributed by atoms with Crippen LogP contribution in [0.1, 0.15) is 12.1 Å². The Hall–Kier alpha value is -1.85. The molecule has 0 atom stereocenters. The number of nitrogens with zero attached hydrogens (tertiary/aromatic N) is 2. The molecule has 22 heavy (non-hydrogen) atoms. The molecule has 0 radical (unpaired) electrons. The quantitative estimate of drug-likeness (QED) is 0.756. The summed E-state index contributed by atoms with van der Waals surface area (Å²) in [5.74, 6) is 0.834. The van der Waals surface area contributed by atoms with Crippen molar-refractivity contribution in [3.63, 3.8) is 0 Å². The van der Waals surface area contributed by atoms with Crippen molar-refractivity contribution in [3.05, 3.63) is 52.8 Å². The molecule has 0 aliphatic carbocycles. The number of hydrogen-bond acceptors (Lipinski definition) is 3. The zero-order valence-electron chi connectivity index (χ0n) is 12.4. The van der Waals surface area contributed by atoms with Gasteiger partial charge < -0.3 is 14.9 Å². The van der Waals surface area contributed by atoms with Crippen LogP contribution in [0.4, 0.5) is 0 Å². The minimum Gasteiger partial charge on any atom is -0.497 e. The molecule has 0 saturated heterocycles. The molecule has 0 spiro atoms. The molecule has 0 fully saturated rings. The number of aryl methyl sites for hydroxylation is 1. The number of nitrogens with two attached hydrogens (primary N) is 1. The molecule has 0 amide bonds. The molecule has 2 heterocycles. The van der Waals surface area contributed by atoms with Gasteiger partial charge in [-0.2, -0.15) is 0 Å². The number of imidazole rings is 1. The summed E-state index contributed by atoms with van der Waals surface area (Å²) in [6.45, 7) is 0.665. The van der Waals surface area contributed by atoms with Gasteiger partial charge in [-0.1, -0.05) is 12.1 Å². The van der Waals surface area contributed by atoms with E-state index in [4.69, 9.17) is 15.5 Å². The molecule has 0 aliphatic rings. The van der Waals surface area contributed by atoms with Crippen molar-refractivity contribution >= 4 is 21.6 Å². The minimum atomic E-state index is 0.665. The summed E-state index contributed by atoms with van der Waals surface area (Å²) in [4.78, 5) is 4.80. The van der Waals surface area contributed by atoms with E-state index >= 15 is 0 Å². The van der Waals surface area contributed by atoms with E-state index in [0.717, 1.165) is 40.0 Å². The maximum absolute atomic E-state index is 5.69. The van der Waals surface area contributed by atoms with Gasteiger partial charge in [-0.15, -0.1) is 0 Å². The number of aromatic nitrogens is 2. The smallest absolute Gasteiger partial charge is 0.137 e. The lowest BCUT2D eigenvalue weighted by atomic mass is 10.1. The molecule has 0 aliphatic heterocycles. The second-order valence-corrected chi connectivity index (χ2v) is 6.02. The van der Waals surface area contributed by atoms with Gasteiger partial charge in [0.1, 0.15) is 11.4 Å². The van der Waals surface area contributed by atoms with E-state index in [-0.39, 0.29) is 0 Å². The molecule has 5 heteroatoms. The fourth-order valence-corrected chi connectivity index (χ4v) is 2.91. The molecule has 0 saturated carbocycles. The van der Waals surface area contributed by atoms with E-state index in [9.17, 15) is 0 Å². The summed E-state index contributed by atoms with van der Waals surface area (Å²) >= 11 is 3.53. The van der Waals surface area contributed by atoms with Crippen molar-refractivity contribution < 1.29 is 4.74 Å². The van der Waals surface area contributed by atoms with Crippen molar-refractivity contribution in [3.8, 4) is 17.0 Å². The topological polar surface area (TPSA) is 52.5 Å². The third kappa shape index (κ3) is 2.87. The zero-order chi connectivity index (χ0) is 15.5. The average Bonchev–Trinajstić information content (AvgIpc) is 2.90. The molecule has 1 aromatic carbocycles. The summed E-state index contributed by atoms with van der Waals surface area (Å²) in [6, 6.07) is 12.0. The van der Waals surface area contributed by atoms with E-state index < -0.39 is 0 Å². The van der Waals surface area contributed by atoms with Gasteiger partial charge in [-0.3, -0.25) is 0 Å². The Morgan fingerprint density at radius 3 is 2.91 bits per heavy atom. The van der Waals surface area contributed by atoms with Gasteiger partial charge in [0.2, 0.25) is 0 Å². The Balaban J connectivity index is 2.18. The number of methoxy groups -OCH3 is 1. The summed E-state index contributed by atoms with van der Waals surface area (Å²) in [5, 5.41) is 0. The van der Waals surface area contributed by atoms with E-state index in [0.29, 0.717) is 6.54 Å². The molecule has 0 unspecified atom stereocenters. The molecule has 114 valence electrons. The Bertz CT molecular complexity index is 798. The van der Waals surface area contributed by atoms with Gasteiger partial charge in [0, 0.05) is 16.2 Å². The van der Waals surface area contributed by atoms with Crippen LogP contribution < -0.4 is 10.5 Å². The zero-order valence-corrected chi connectivity index (χ0v) is 14.0. The third-order valence-corrected chi connectivity index (χ3v) is 4.11. The Morgan fingerprint density at radius 1 is 1.27 bits per heavy atom. The predicted molar refractivity (Wildman–Crippen MR) is 92.3 cm³/mol. The first-order chi connectivity index (χ1) is 10.7. The lowest BCUT2D eigenvalue weighted by Crippen LogP contribution is -2.03. The van der Waals surface area contributed by atoms with Crippen LogP contribution in [0.2, 0.25) is 0 Å². The molecule has 0 bridgehead atoms. The van der Waals surface area contributed by atoms with Crippen LogP contribution in [-0.4, -0.2) is 23.0 Å². The predicted octanol–water partition coefficient (Wildman–Crippen LogP) is 3.66.